The van der Waals surface area contributed by atoms with E-state index >= 15 is 0 Å². The number of thiocarbonyl (C=S) groups is 1. The fraction of sp³-hybridized carbons (Fsp3) is 0.0714. The van der Waals surface area contributed by atoms with Gasteiger partial charge in [0.15, 0.2) is 11.6 Å². The molecule has 2 aromatic rings. The number of methoxy groups -OCH3 is 1. The molecule has 3 nitrogen and oxygen atoms in total. The van der Waals surface area contributed by atoms with Gasteiger partial charge in [0.25, 0.3) is 0 Å². The first-order chi connectivity index (χ1) is 9.51. The fourth-order valence-corrected chi connectivity index (χ4v) is 2.02. The van der Waals surface area contributed by atoms with Gasteiger partial charge in [0.1, 0.15) is 4.99 Å². The molecule has 0 amide bonds. The third-order valence-corrected chi connectivity index (χ3v) is 3.23. The van der Waals surface area contributed by atoms with Crippen molar-refractivity contribution in [2.45, 2.75) is 0 Å². The average molecular weight is 311 g/mol. The van der Waals surface area contributed by atoms with Gasteiger partial charge in [-0.2, -0.15) is 0 Å². The Hall–Kier alpha value is -1.85. The van der Waals surface area contributed by atoms with Crippen molar-refractivity contribution < 1.29 is 9.13 Å². The molecule has 0 aliphatic rings. The average Bonchev–Trinajstić information content (AvgIpc) is 2.42. The molecule has 0 radical (unpaired) electrons. The summed E-state index contributed by atoms with van der Waals surface area (Å²) >= 11 is 11.0. The Morgan fingerprint density at radius 3 is 2.65 bits per heavy atom. The van der Waals surface area contributed by atoms with E-state index in [2.05, 4.69) is 5.32 Å². The first-order valence-electron chi connectivity index (χ1n) is 5.71. The number of anilines is 2. The Balaban J connectivity index is 2.28. The van der Waals surface area contributed by atoms with Gasteiger partial charge in [-0.3, -0.25) is 0 Å². The lowest BCUT2D eigenvalue weighted by molar-refractivity contribution is 0.387. The molecule has 0 saturated carbocycles. The highest BCUT2D eigenvalue weighted by atomic mass is 35.5. The van der Waals surface area contributed by atoms with Crippen LogP contribution in [0, 0.1) is 5.82 Å². The zero-order valence-corrected chi connectivity index (χ0v) is 12.2. The highest BCUT2D eigenvalue weighted by molar-refractivity contribution is 7.80. The molecule has 3 N–H and O–H groups in total. The number of hydrogen-bond donors (Lipinski definition) is 2. The summed E-state index contributed by atoms with van der Waals surface area (Å²) in [6.45, 7) is 0. The Morgan fingerprint density at radius 2 is 2.05 bits per heavy atom. The molecule has 0 unspecified atom stereocenters. The first-order valence-corrected chi connectivity index (χ1v) is 6.50. The maximum Gasteiger partial charge on any atom is 0.165 e. The van der Waals surface area contributed by atoms with Crippen LogP contribution in [0.25, 0.3) is 0 Å². The molecular weight excluding hydrogens is 299 g/mol. The lowest BCUT2D eigenvalue weighted by Gasteiger charge is -2.11. The monoisotopic (exact) mass is 310 g/mol. The van der Waals surface area contributed by atoms with E-state index in [-0.39, 0.29) is 10.7 Å². The predicted molar refractivity (Wildman–Crippen MR) is 83.6 cm³/mol. The van der Waals surface area contributed by atoms with Crippen molar-refractivity contribution in [3.05, 3.63) is 52.8 Å². The number of ether oxygens (including phenoxy) is 1. The number of halogens is 2. The topological polar surface area (TPSA) is 47.3 Å². The van der Waals surface area contributed by atoms with Crippen LogP contribution in [0.15, 0.2) is 36.4 Å². The van der Waals surface area contributed by atoms with Gasteiger partial charge in [-0.15, -0.1) is 0 Å². The van der Waals surface area contributed by atoms with E-state index < -0.39 is 5.82 Å². The van der Waals surface area contributed by atoms with E-state index in [0.717, 1.165) is 0 Å². The number of nitrogens with two attached hydrogens (primary N) is 1. The van der Waals surface area contributed by atoms with Crippen LogP contribution in [-0.2, 0) is 0 Å². The Morgan fingerprint density at radius 1 is 1.30 bits per heavy atom. The minimum atomic E-state index is -0.423. The third kappa shape index (κ3) is 3.18. The standard InChI is InChI=1S/C14H12ClFN2OS/c1-19-13-7-9(3-4-11(13)16)18-12-5-2-8(14(17)20)6-10(12)15/h2-7,18H,1H3,(H2,17,20). The van der Waals surface area contributed by atoms with Crippen LogP contribution in [0.1, 0.15) is 5.56 Å². The Labute approximate surface area is 126 Å². The molecule has 0 aliphatic heterocycles. The number of rotatable bonds is 4. The van der Waals surface area contributed by atoms with Crippen molar-refractivity contribution in [2.24, 2.45) is 5.73 Å². The highest BCUT2D eigenvalue weighted by Gasteiger charge is 2.07. The first kappa shape index (κ1) is 14.6. The highest BCUT2D eigenvalue weighted by Crippen LogP contribution is 2.29. The van der Waals surface area contributed by atoms with Gasteiger partial charge in [-0.05, 0) is 30.3 Å². The van der Waals surface area contributed by atoms with Crippen LogP contribution < -0.4 is 15.8 Å². The molecule has 0 spiro atoms. The van der Waals surface area contributed by atoms with Gasteiger partial charge in [-0.25, -0.2) is 4.39 Å². The van der Waals surface area contributed by atoms with Crippen LogP contribution >= 0.6 is 23.8 Å². The van der Waals surface area contributed by atoms with Crippen LogP contribution in [0.5, 0.6) is 5.75 Å². The van der Waals surface area contributed by atoms with Gasteiger partial charge in [0.05, 0.1) is 17.8 Å². The summed E-state index contributed by atoms with van der Waals surface area (Å²) in [6.07, 6.45) is 0. The minimum Gasteiger partial charge on any atom is -0.494 e. The van der Waals surface area contributed by atoms with Gasteiger partial charge in [-0.1, -0.05) is 23.8 Å². The smallest absolute Gasteiger partial charge is 0.165 e. The molecule has 0 bridgehead atoms. The molecule has 0 atom stereocenters. The molecule has 0 aliphatic carbocycles. The molecule has 2 aromatic carbocycles. The minimum absolute atomic E-state index is 0.158. The molecule has 0 fully saturated rings. The predicted octanol–water partition coefficient (Wildman–Crippen LogP) is 3.87. The van der Waals surface area contributed by atoms with E-state index in [1.165, 1.54) is 13.2 Å². The summed E-state index contributed by atoms with van der Waals surface area (Å²) in [4.78, 5) is 0.280. The SMILES string of the molecule is COc1cc(Nc2ccc(C(N)=S)cc2Cl)ccc1F. The van der Waals surface area contributed by atoms with Crippen molar-refractivity contribution in [2.75, 3.05) is 12.4 Å². The maximum atomic E-state index is 13.3. The van der Waals surface area contributed by atoms with E-state index in [4.69, 9.17) is 34.3 Å². The molecule has 0 aromatic heterocycles. The Kier molecular flexibility index (Phi) is 4.42. The summed E-state index contributed by atoms with van der Waals surface area (Å²) in [7, 11) is 1.41. The molecule has 104 valence electrons. The zero-order chi connectivity index (χ0) is 14.7. The summed E-state index contributed by atoms with van der Waals surface area (Å²) in [5.74, 6) is -0.265. The van der Waals surface area contributed by atoms with E-state index in [1.807, 2.05) is 0 Å². The second-order valence-electron chi connectivity index (χ2n) is 4.03. The molecule has 6 heteroatoms. The second-order valence-corrected chi connectivity index (χ2v) is 4.88. The van der Waals surface area contributed by atoms with Gasteiger partial charge < -0.3 is 15.8 Å². The van der Waals surface area contributed by atoms with Crippen molar-refractivity contribution >= 4 is 40.2 Å². The molecule has 2 rings (SSSR count). The van der Waals surface area contributed by atoms with E-state index in [1.54, 1.807) is 30.3 Å². The number of nitrogens with one attached hydrogen (secondary N) is 1. The van der Waals surface area contributed by atoms with Crippen LogP contribution in [0.2, 0.25) is 5.02 Å². The van der Waals surface area contributed by atoms with Gasteiger partial charge >= 0.3 is 0 Å². The lowest BCUT2D eigenvalue weighted by Crippen LogP contribution is -2.09. The largest absolute Gasteiger partial charge is 0.494 e. The van der Waals surface area contributed by atoms with Crippen molar-refractivity contribution in [1.82, 2.24) is 0 Å². The van der Waals surface area contributed by atoms with E-state index in [9.17, 15) is 4.39 Å². The van der Waals surface area contributed by atoms with Crippen molar-refractivity contribution in [3.63, 3.8) is 0 Å². The summed E-state index contributed by atoms with van der Waals surface area (Å²) in [6, 6.07) is 9.65. The van der Waals surface area contributed by atoms with Crippen LogP contribution in [-0.4, -0.2) is 12.1 Å². The molecular formula is C14H12ClFN2OS. The number of benzene rings is 2. The van der Waals surface area contributed by atoms with Crippen LogP contribution in [0.4, 0.5) is 15.8 Å². The molecule has 0 saturated heterocycles. The summed E-state index contributed by atoms with van der Waals surface area (Å²) < 4.78 is 18.2. The lowest BCUT2D eigenvalue weighted by atomic mass is 10.2. The maximum absolute atomic E-state index is 13.3. The van der Waals surface area contributed by atoms with Crippen molar-refractivity contribution in [3.8, 4) is 5.75 Å². The second kappa shape index (κ2) is 6.07. The van der Waals surface area contributed by atoms with Crippen LogP contribution in [0.3, 0.4) is 0 Å². The zero-order valence-electron chi connectivity index (χ0n) is 10.6. The quantitative estimate of drug-likeness (QED) is 0.842. The van der Waals surface area contributed by atoms with Gasteiger partial charge in [0.2, 0.25) is 0 Å². The summed E-state index contributed by atoms with van der Waals surface area (Å²) in [5, 5.41) is 3.55. The van der Waals surface area contributed by atoms with Crippen molar-refractivity contribution in [1.29, 1.82) is 0 Å². The Bertz CT molecular complexity index is 664. The summed E-state index contributed by atoms with van der Waals surface area (Å²) in [5.41, 5.74) is 7.55. The van der Waals surface area contributed by atoms with Gasteiger partial charge in [0, 0.05) is 17.3 Å². The number of hydrogen-bond acceptors (Lipinski definition) is 3. The van der Waals surface area contributed by atoms with E-state index in [0.29, 0.717) is 22.0 Å². The molecule has 20 heavy (non-hydrogen) atoms. The third-order valence-electron chi connectivity index (χ3n) is 2.68. The molecule has 0 heterocycles. The normalized spacial score (nSPS) is 10.2. The fourth-order valence-electron chi connectivity index (χ4n) is 1.66.